The summed E-state index contributed by atoms with van der Waals surface area (Å²) in [5.74, 6) is 0. The molecule has 0 aliphatic carbocycles. The Morgan fingerprint density at radius 3 is 2.53 bits per heavy atom. The fraction of sp³-hybridized carbons (Fsp3) is 0.417. The summed E-state index contributed by atoms with van der Waals surface area (Å²) in [5, 5.41) is 1.13. The van der Waals surface area contributed by atoms with E-state index in [-0.39, 0.29) is 0 Å². The molecule has 1 heterocycles. The minimum atomic E-state index is -1.15. The zero-order chi connectivity index (χ0) is 11.3. The number of allylic oxidation sites excluding steroid dienone is 1. The molecule has 1 aromatic rings. The van der Waals surface area contributed by atoms with Gasteiger partial charge in [-0.3, -0.25) is 0 Å². The molecule has 0 spiro atoms. The van der Waals surface area contributed by atoms with Crippen molar-refractivity contribution in [3.8, 4) is 0 Å². The van der Waals surface area contributed by atoms with Crippen molar-refractivity contribution in [2.45, 2.75) is 36.5 Å². The highest BCUT2D eigenvalue weighted by molar-refractivity contribution is 8.01. The van der Waals surface area contributed by atoms with E-state index in [2.05, 4.69) is 49.8 Å². The number of hydrogen-bond acceptors (Lipinski definition) is 2. The Morgan fingerprint density at radius 2 is 2.07 bits per heavy atom. The minimum absolute atomic E-state index is 0.609. The van der Waals surface area contributed by atoms with Crippen LogP contribution in [0.15, 0.2) is 41.6 Å². The lowest BCUT2D eigenvalue weighted by molar-refractivity contribution is 1.13. The fourth-order valence-corrected chi connectivity index (χ4v) is 4.55. The number of rotatable bonds is 4. The first-order chi connectivity index (χ1) is 7.04. The average Bonchev–Trinajstić information content (AvgIpc) is 2.17. The van der Waals surface area contributed by atoms with Crippen LogP contribution in [0.4, 0.5) is 0 Å². The van der Waals surface area contributed by atoms with Gasteiger partial charge in [-0.05, 0) is 19.1 Å². The Balaban J connectivity index is 2.76. The molecule has 0 aromatic carbocycles. The zero-order valence-electron chi connectivity index (χ0n) is 9.90. The van der Waals surface area contributed by atoms with E-state index in [0.29, 0.717) is 4.87 Å². The molecule has 3 heteroatoms. The Kier molecular flexibility index (Phi) is 4.61. The van der Waals surface area contributed by atoms with Crippen LogP contribution in [0.2, 0.25) is 19.6 Å². The molecular formula is C12H19NSSi. The quantitative estimate of drug-likeness (QED) is 0.446. The molecule has 82 valence electrons. The molecule has 1 unspecified atom stereocenters. The van der Waals surface area contributed by atoms with E-state index >= 15 is 0 Å². The lowest BCUT2D eigenvalue weighted by atomic mass is 10.5. The Hall–Kier alpha value is -0.543. The van der Waals surface area contributed by atoms with E-state index in [1.54, 1.807) is 0 Å². The van der Waals surface area contributed by atoms with Gasteiger partial charge in [-0.1, -0.05) is 37.9 Å². The smallest absolute Gasteiger partial charge is 0.0962 e. The van der Waals surface area contributed by atoms with Gasteiger partial charge < -0.3 is 0 Å². The van der Waals surface area contributed by atoms with E-state index in [9.17, 15) is 0 Å². The maximum absolute atomic E-state index is 4.37. The van der Waals surface area contributed by atoms with Crippen molar-refractivity contribution in [2.24, 2.45) is 0 Å². The Bertz CT molecular complexity index is 316. The molecule has 15 heavy (non-hydrogen) atoms. The standard InChI is InChI=1S/C12H19NSSi/c1-5-8-12(15(2,3)4)14-11-9-6-7-10-13-11/h5-10,12H,1-4H3/b8-5+. The summed E-state index contributed by atoms with van der Waals surface area (Å²) >= 11 is 1.88. The molecule has 0 fully saturated rings. The first-order valence-electron chi connectivity index (χ1n) is 5.24. The average molecular weight is 237 g/mol. The van der Waals surface area contributed by atoms with Crippen molar-refractivity contribution in [1.82, 2.24) is 4.98 Å². The molecule has 0 N–H and O–H groups in total. The van der Waals surface area contributed by atoms with Crippen LogP contribution in [0.3, 0.4) is 0 Å². The fourth-order valence-electron chi connectivity index (χ4n) is 1.23. The third-order valence-corrected chi connectivity index (χ3v) is 7.37. The second kappa shape index (κ2) is 5.52. The summed E-state index contributed by atoms with van der Waals surface area (Å²) in [7, 11) is -1.15. The van der Waals surface area contributed by atoms with Gasteiger partial charge in [-0.2, -0.15) is 0 Å². The first-order valence-corrected chi connectivity index (χ1v) is 9.70. The van der Waals surface area contributed by atoms with E-state index < -0.39 is 8.07 Å². The summed E-state index contributed by atoms with van der Waals surface area (Å²) in [5.41, 5.74) is 0. The number of hydrogen-bond donors (Lipinski definition) is 0. The number of pyridine rings is 1. The third kappa shape index (κ3) is 4.22. The molecule has 0 amide bonds. The predicted octanol–water partition coefficient (Wildman–Crippen LogP) is 4.00. The lowest BCUT2D eigenvalue weighted by Crippen LogP contribution is -2.34. The summed E-state index contributed by atoms with van der Waals surface area (Å²) in [6, 6.07) is 6.09. The van der Waals surface area contributed by atoms with Crippen molar-refractivity contribution in [3.05, 3.63) is 36.5 Å². The van der Waals surface area contributed by atoms with Crippen LogP contribution in [0, 0.1) is 0 Å². The van der Waals surface area contributed by atoms with Gasteiger partial charge in [0.05, 0.1) is 13.1 Å². The van der Waals surface area contributed by atoms with Gasteiger partial charge in [0.25, 0.3) is 0 Å². The van der Waals surface area contributed by atoms with Gasteiger partial charge in [-0.15, -0.1) is 11.8 Å². The lowest BCUT2D eigenvalue weighted by Gasteiger charge is -2.25. The molecule has 0 aliphatic rings. The number of thioether (sulfide) groups is 1. The SMILES string of the molecule is C/C=C/C(Sc1ccccn1)[Si](C)(C)C. The predicted molar refractivity (Wildman–Crippen MR) is 72.0 cm³/mol. The van der Waals surface area contributed by atoms with E-state index in [1.165, 1.54) is 0 Å². The topological polar surface area (TPSA) is 12.9 Å². The van der Waals surface area contributed by atoms with Crippen LogP contribution in [-0.2, 0) is 0 Å². The van der Waals surface area contributed by atoms with Crippen LogP contribution < -0.4 is 0 Å². The Morgan fingerprint density at radius 1 is 1.33 bits per heavy atom. The highest BCUT2D eigenvalue weighted by atomic mass is 32.2. The van der Waals surface area contributed by atoms with Crippen molar-refractivity contribution in [1.29, 1.82) is 0 Å². The first kappa shape index (κ1) is 12.5. The number of aromatic nitrogens is 1. The van der Waals surface area contributed by atoms with Crippen LogP contribution in [0.25, 0.3) is 0 Å². The van der Waals surface area contributed by atoms with Gasteiger partial charge in [0, 0.05) is 11.1 Å². The minimum Gasteiger partial charge on any atom is -0.250 e. The van der Waals surface area contributed by atoms with Crippen LogP contribution in [0.1, 0.15) is 6.92 Å². The molecule has 1 nitrogen and oxygen atoms in total. The molecule has 0 bridgehead atoms. The van der Waals surface area contributed by atoms with Crippen molar-refractivity contribution >= 4 is 19.8 Å². The van der Waals surface area contributed by atoms with Gasteiger partial charge in [0.2, 0.25) is 0 Å². The molecule has 1 rings (SSSR count). The highest BCUT2D eigenvalue weighted by Crippen LogP contribution is 2.29. The molecule has 1 atom stereocenters. The summed E-state index contributed by atoms with van der Waals surface area (Å²) in [4.78, 5) is 4.97. The third-order valence-electron chi connectivity index (χ3n) is 2.11. The molecule has 0 saturated heterocycles. The van der Waals surface area contributed by atoms with Crippen molar-refractivity contribution in [3.63, 3.8) is 0 Å². The van der Waals surface area contributed by atoms with E-state index in [1.807, 2.05) is 30.1 Å². The highest BCUT2D eigenvalue weighted by Gasteiger charge is 2.25. The van der Waals surface area contributed by atoms with Gasteiger partial charge >= 0.3 is 0 Å². The zero-order valence-corrected chi connectivity index (χ0v) is 11.7. The number of nitrogens with zero attached hydrogens (tertiary/aromatic N) is 1. The second-order valence-corrected chi connectivity index (χ2v) is 11.5. The summed E-state index contributed by atoms with van der Waals surface area (Å²) < 4.78 is 0. The monoisotopic (exact) mass is 237 g/mol. The molecule has 0 saturated carbocycles. The van der Waals surface area contributed by atoms with Crippen LogP contribution in [-0.4, -0.2) is 17.9 Å². The van der Waals surface area contributed by atoms with Gasteiger partial charge in [0.15, 0.2) is 0 Å². The second-order valence-electron chi connectivity index (χ2n) is 4.60. The Labute approximate surface area is 98.0 Å². The molecule has 1 aromatic heterocycles. The molecule has 0 radical (unpaired) electrons. The normalized spacial score (nSPS) is 14.4. The molecule has 0 aliphatic heterocycles. The largest absolute Gasteiger partial charge is 0.250 e. The van der Waals surface area contributed by atoms with E-state index in [4.69, 9.17) is 0 Å². The van der Waals surface area contributed by atoms with Crippen LogP contribution >= 0.6 is 11.8 Å². The summed E-state index contributed by atoms with van der Waals surface area (Å²) in [6.07, 6.45) is 6.32. The molecular weight excluding hydrogens is 218 g/mol. The van der Waals surface area contributed by atoms with Crippen molar-refractivity contribution < 1.29 is 0 Å². The van der Waals surface area contributed by atoms with Gasteiger partial charge in [-0.25, -0.2) is 4.98 Å². The maximum atomic E-state index is 4.37. The van der Waals surface area contributed by atoms with Crippen molar-refractivity contribution in [2.75, 3.05) is 0 Å². The van der Waals surface area contributed by atoms with Crippen LogP contribution in [0.5, 0.6) is 0 Å². The maximum Gasteiger partial charge on any atom is 0.0962 e. The summed E-state index contributed by atoms with van der Waals surface area (Å²) in [6.45, 7) is 9.28. The van der Waals surface area contributed by atoms with E-state index in [0.717, 1.165) is 5.03 Å². The van der Waals surface area contributed by atoms with Gasteiger partial charge in [0.1, 0.15) is 0 Å².